The Bertz CT molecular complexity index is 557. The fourth-order valence-corrected chi connectivity index (χ4v) is 2.19. The number of hydrogen-bond donors (Lipinski definition) is 3. The minimum atomic E-state index is -0.700. The Balaban J connectivity index is 2.36. The number of nitrogens with one attached hydrogen (secondary N) is 1. The van der Waals surface area contributed by atoms with E-state index in [1.54, 1.807) is 12.1 Å². The summed E-state index contributed by atoms with van der Waals surface area (Å²) in [6.45, 7) is 8.37. The minimum Gasteiger partial charge on any atom is -0.490 e. The first-order valence-electron chi connectivity index (χ1n) is 8.32. The third-order valence-corrected chi connectivity index (χ3v) is 3.39. The van der Waals surface area contributed by atoms with Crippen LogP contribution in [0.25, 0.3) is 0 Å². The molecule has 0 aliphatic heterocycles. The molecule has 0 bridgehead atoms. The summed E-state index contributed by atoms with van der Waals surface area (Å²) < 4.78 is 10.9. The largest absolute Gasteiger partial charge is 0.490 e. The summed E-state index contributed by atoms with van der Waals surface area (Å²) in [6, 6.07) is 5.20. The third kappa shape index (κ3) is 8.72. The third-order valence-electron chi connectivity index (χ3n) is 3.39. The van der Waals surface area contributed by atoms with Crippen molar-refractivity contribution in [1.82, 2.24) is 4.90 Å². The van der Waals surface area contributed by atoms with Crippen LogP contribution in [0.4, 0.5) is 5.69 Å². The predicted octanol–water partition coefficient (Wildman–Crippen LogP) is 2.20. The number of carbonyl (C=O) groups is 1. The lowest BCUT2D eigenvalue weighted by atomic mass is 10.2. The fraction of sp³-hybridized carbons (Fsp3) is 0.611. The number of aryl methyl sites for hydroxylation is 1. The van der Waals surface area contributed by atoms with Crippen LogP contribution in [0.2, 0.25) is 0 Å². The second-order valence-corrected chi connectivity index (χ2v) is 7.16. The summed E-state index contributed by atoms with van der Waals surface area (Å²) >= 11 is 0. The molecule has 0 saturated carbocycles. The summed E-state index contributed by atoms with van der Waals surface area (Å²) in [5.74, 6) is 0.337. The lowest BCUT2D eigenvalue weighted by Crippen LogP contribution is -2.35. The van der Waals surface area contributed by atoms with E-state index in [-0.39, 0.29) is 19.0 Å². The molecule has 1 aromatic rings. The zero-order valence-corrected chi connectivity index (χ0v) is 15.7. The Hall–Kier alpha value is -1.83. The van der Waals surface area contributed by atoms with Gasteiger partial charge in [-0.05, 0) is 46.4 Å². The monoisotopic (exact) mass is 354 g/mol. The van der Waals surface area contributed by atoms with Crippen LogP contribution in [0.5, 0.6) is 5.75 Å². The molecule has 1 atom stereocenters. The molecule has 7 nitrogen and oxygen atoms in total. The van der Waals surface area contributed by atoms with Crippen molar-refractivity contribution in [3.05, 3.63) is 23.8 Å². The van der Waals surface area contributed by atoms with Crippen LogP contribution in [0.15, 0.2) is 18.2 Å². The van der Waals surface area contributed by atoms with Crippen molar-refractivity contribution in [2.24, 2.45) is 0 Å². The van der Waals surface area contributed by atoms with Crippen molar-refractivity contribution < 1.29 is 24.6 Å². The molecular formula is C18H30N2O5. The number of carbonyl (C=O) groups excluding carboxylic acids is 1. The molecule has 0 radical (unpaired) electrons. The van der Waals surface area contributed by atoms with Crippen molar-refractivity contribution in [2.75, 3.05) is 32.2 Å². The topological polar surface area (TPSA) is 91.3 Å². The highest BCUT2D eigenvalue weighted by atomic mass is 16.6. The van der Waals surface area contributed by atoms with E-state index in [4.69, 9.17) is 14.7 Å². The van der Waals surface area contributed by atoms with Crippen LogP contribution in [0, 0.1) is 6.92 Å². The van der Waals surface area contributed by atoms with Crippen LogP contribution in [0.3, 0.4) is 0 Å². The van der Waals surface area contributed by atoms with Gasteiger partial charge >= 0.3 is 5.97 Å². The molecule has 25 heavy (non-hydrogen) atoms. The van der Waals surface area contributed by atoms with Crippen LogP contribution >= 0.6 is 0 Å². The zero-order valence-electron chi connectivity index (χ0n) is 15.7. The van der Waals surface area contributed by atoms with E-state index in [0.717, 1.165) is 5.56 Å². The molecule has 3 N–H and O–H groups in total. The summed E-state index contributed by atoms with van der Waals surface area (Å²) in [5.41, 5.74) is 3.00. The van der Waals surface area contributed by atoms with Gasteiger partial charge in [-0.15, -0.1) is 0 Å². The van der Waals surface area contributed by atoms with Gasteiger partial charge in [0.2, 0.25) is 0 Å². The van der Waals surface area contributed by atoms with Gasteiger partial charge in [0.25, 0.3) is 0 Å². The van der Waals surface area contributed by atoms with Gasteiger partial charge in [-0.1, -0.05) is 6.07 Å². The van der Waals surface area contributed by atoms with Gasteiger partial charge in [0.05, 0.1) is 12.1 Å². The number of hydrogen-bond acceptors (Lipinski definition) is 7. The highest BCUT2D eigenvalue weighted by Gasteiger charge is 2.17. The first kappa shape index (κ1) is 21.2. The zero-order chi connectivity index (χ0) is 19.0. The first-order valence-corrected chi connectivity index (χ1v) is 8.32. The summed E-state index contributed by atoms with van der Waals surface area (Å²) in [6.07, 6.45) is -0.432. The van der Waals surface area contributed by atoms with Crippen molar-refractivity contribution in [2.45, 2.75) is 45.8 Å². The minimum absolute atomic E-state index is 0.118. The van der Waals surface area contributed by atoms with Crippen molar-refractivity contribution in [3.8, 4) is 5.75 Å². The summed E-state index contributed by atoms with van der Waals surface area (Å²) in [4.78, 5) is 13.6. The maximum Gasteiger partial charge on any atom is 0.307 e. The molecule has 1 rings (SSSR count). The lowest BCUT2D eigenvalue weighted by Gasteiger charge is -2.23. The number of benzene rings is 1. The molecule has 0 amide bonds. The summed E-state index contributed by atoms with van der Waals surface area (Å²) in [7, 11) is 1.83. The Morgan fingerprint density at radius 1 is 1.36 bits per heavy atom. The molecule has 1 aromatic carbocycles. The van der Waals surface area contributed by atoms with Crippen LogP contribution in [-0.4, -0.2) is 59.6 Å². The normalized spacial score (nSPS) is 12.8. The molecule has 0 aliphatic carbocycles. The standard InChI is InChI=1S/C18H30N2O5/c1-13-6-7-14(19-23)10-16(13)24-12-15(21)11-20(5)9-8-17(22)25-18(2,3)4/h6-7,10,15,19,21,23H,8-9,11-12H2,1-5H3. The Morgan fingerprint density at radius 2 is 2.04 bits per heavy atom. The SMILES string of the molecule is Cc1ccc(NO)cc1OCC(O)CN(C)CCC(=O)OC(C)(C)C. The molecule has 142 valence electrons. The van der Waals surface area contributed by atoms with E-state index in [1.165, 1.54) is 0 Å². The molecule has 0 aromatic heterocycles. The highest BCUT2D eigenvalue weighted by Crippen LogP contribution is 2.22. The van der Waals surface area contributed by atoms with Crippen molar-refractivity contribution in [3.63, 3.8) is 0 Å². The number of aliphatic hydroxyl groups excluding tert-OH is 1. The lowest BCUT2D eigenvalue weighted by molar-refractivity contribution is -0.155. The fourth-order valence-electron chi connectivity index (χ4n) is 2.19. The maximum absolute atomic E-state index is 11.7. The Kier molecular flexibility index (Phi) is 8.15. The van der Waals surface area contributed by atoms with E-state index < -0.39 is 11.7 Å². The van der Waals surface area contributed by atoms with E-state index in [0.29, 0.717) is 24.5 Å². The van der Waals surface area contributed by atoms with Crippen molar-refractivity contribution in [1.29, 1.82) is 0 Å². The molecule has 0 aliphatic rings. The number of esters is 1. The molecular weight excluding hydrogens is 324 g/mol. The van der Waals surface area contributed by atoms with E-state index in [1.807, 2.05) is 45.7 Å². The quantitative estimate of drug-likeness (QED) is 0.462. The van der Waals surface area contributed by atoms with Crippen molar-refractivity contribution >= 4 is 11.7 Å². The number of rotatable bonds is 9. The number of likely N-dealkylation sites (N-methyl/N-ethyl adjacent to an activating group) is 1. The van der Waals surface area contributed by atoms with Crippen LogP contribution in [0.1, 0.15) is 32.8 Å². The molecule has 0 spiro atoms. The Morgan fingerprint density at radius 3 is 2.64 bits per heavy atom. The molecule has 7 heteroatoms. The number of ether oxygens (including phenoxy) is 2. The van der Waals surface area contributed by atoms with E-state index >= 15 is 0 Å². The molecule has 0 fully saturated rings. The van der Waals surface area contributed by atoms with Crippen LogP contribution in [-0.2, 0) is 9.53 Å². The van der Waals surface area contributed by atoms with Gasteiger partial charge in [0.1, 0.15) is 24.1 Å². The van der Waals surface area contributed by atoms with Gasteiger partial charge in [0, 0.05) is 19.2 Å². The van der Waals surface area contributed by atoms with Crippen LogP contribution < -0.4 is 10.2 Å². The van der Waals surface area contributed by atoms with E-state index in [9.17, 15) is 9.90 Å². The average molecular weight is 354 g/mol. The summed E-state index contributed by atoms with van der Waals surface area (Å²) in [5, 5.41) is 19.0. The number of nitrogens with zero attached hydrogens (tertiary/aromatic N) is 1. The van der Waals surface area contributed by atoms with Gasteiger partial charge in [-0.3, -0.25) is 15.5 Å². The predicted molar refractivity (Wildman–Crippen MR) is 96.0 cm³/mol. The second kappa shape index (κ2) is 9.60. The number of anilines is 1. The van der Waals surface area contributed by atoms with Gasteiger partial charge in [-0.25, -0.2) is 0 Å². The second-order valence-electron chi connectivity index (χ2n) is 7.16. The Labute approximate surface area is 149 Å². The van der Waals surface area contributed by atoms with E-state index in [2.05, 4.69) is 5.48 Å². The molecule has 0 heterocycles. The number of aliphatic hydroxyl groups is 1. The van der Waals surface area contributed by atoms with Gasteiger partial charge in [0.15, 0.2) is 0 Å². The molecule has 1 unspecified atom stereocenters. The average Bonchev–Trinajstić information content (AvgIpc) is 2.50. The maximum atomic E-state index is 11.7. The molecule has 0 saturated heterocycles. The van der Waals surface area contributed by atoms with Gasteiger partial charge < -0.3 is 19.5 Å². The smallest absolute Gasteiger partial charge is 0.307 e. The first-order chi connectivity index (χ1) is 11.6. The highest BCUT2D eigenvalue weighted by molar-refractivity contribution is 5.70. The van der Waals surface area contributed by atoms with Gasteiger partial charge in [-0.2, -0.15) is 0 Å².